The Bertz CT molecular complexity index is 3570. The molecule has 0 N–H and O–H groups in total. The Morgan fingerprint density at radius 2 is 0.614 bits per heavy atom. The zero-order valence-electron chi connectivity index (χ0n) is 40.1. The highest BCUT2D eigenvalue weighted by molar-refractivity contribution is 6.09. The quantitative estimate of drug-likeness (QED) is 0.130. The van der Waals surface area contributed by atoms with Gasteiger partial charge in [-0.15, -0.1) is 0 Å². The molecule has 5 nitrogen and oxygen atoms in total. The second-order valence-corrected chi connectivity index (χ2v) is 19.0. The number of hydrogen-bond donors (Lipinski definition) is 0. The molecular formula is C65H53N5. The summed E-state index contributed by atoms with van der Waals surface area (Å²) in [5.41, 5.74) is 20.1. The summed E-state index contributed by atoms with van der Waals surface area (Å²) in [4.78, 5) is 16.4. The third kappa shape index (κ3) is 7.83. The van der Waals surface area contributed by atoms with Crippen LogP contribution in [0.5, 0.6) is 0 Å². The molecule has 0 aliphatic heterocycles. The molecule has 0 unspecified atom stereocenters. The maximum Gasteiger partial charge on any atom is 0.164 e. The molecule has 0 bridgehead atoms. The van der Waals surface area contributed by atoms with Crippen LogP contribution in [0.1, 0.15) is 33.4 Å². The molecule has 3 aromatic heterocycles. The lowest BCUT2D eigenvalue weighted by Crippen LogP contribution is -2.08. The fraction of sp³-hybridized carbons (Fsp3) is 0.123. The molecule has 0 fully saturated rings. The van der Waals surface area contributed by atoms with Crippen LogP contribution in [0, 0.1) is 27.7 Å². The van der Waals surface area contributed by atoms with E-state index in [4.69, 9.17) is 15.0 Å². The zero-order chi connectivity index (χ0) is 47.3. The number of hydrogen-bond acceptors (Lipinski definition) is 3. The Kier molecular flexibility index (Phi) is 11.0. The van der Waals surface area contributed by atoms with Gasteiger partial charge >= 0.3 is 0 Å². The van der Waals surface area contributed by atoms with Gasteiger partial charge in [0.15, 0.2) is 17.5 Å². The van der Waals surface area contributed by atoms with E-state index in [0.29, 0.717) is 17.5 Å². The summed E-state index contributed by atoms with van der Waals surface area (Å²) < 4.78 is 5.01. The molecule has 0 aliphatic rings. The largest absolute Gasteiger partial charge is 0.340 e. The van der Waals surface area contributed by atoms with Crippen LogP contribution in [-0.4, -0.2) is 24.1 Å². The molecular weight excluding hydrogens is 851 g/mol. The van der Waals surface area contributed by atoms with E-state index < -0.39 is 0 Å². The Labute approximate surface area is 409 Å². The standard InChI is InChI=1S/C65H53N5/c1-42-26-30-59-55(38-42)56-39-43(2)27-31-60(56)69(59)36-34-51-49(46-16-8-5-9-17-46)22-14-24-53(51)64-66-63(48-20-12-7-13-21-48)67-65(68-64)54-25-15-23-50(47-18-10-6-11-19-47)52(54)35-37-70-61-32-28-44(3)40-57(61)58-41-45(4)29-33-62(58)70/h5-33,38-41H,34-37H2,1-4H3. The SMILES string of the molecule is Cc1ccc2c(c1)c1cc(C)ccc1n2CCc1c(-c2ccccc2)cccc1-c1nc(-c2ccccc2)nc(-c2cccc(-c3ccccc3)c2CCn2c3ccc(C)cc3c3cc(C)ccc32)n1. The zero-order valence-corrected chi connectivity index (χ0v) is 40.1. The first-order valence-corrected chi connectivity index (χ1v) is 24.5. The fourth-order valence-corrected chi connectivity index (χ4v) is 10.8. The number of benzene rings is 9. The van der Waals surface area contributed by atoms with E-state index in [1.165, 1.54) is 99.2 Å². The molecule has 0 saturated heterocycles. The molecule has 5 heteroatoms. The maximum atomic E-state index is 5.58. The van der Waals surface area contributed by atoms with E-state index in [0.717, 1.165) is 42.6 Å². The Hall–Kier alpha value is -8.41. The van der Waals surface area contributed by atoms with E-state index in [1.807, 2.05) is 6.07 Å². The summed E-state index contributed by atoms with van der Waals surface area (Å²) >= 11 is 0. The van der Waals surface area contributed by atoms with Crippen LogP contribution in [0.4, 0.5) is 0 Å². The van der Waals surface area contributed by atoms with Crippen LogP contribution >= 0.6 is 0 Å². The molecule has 3 heterocycles. The van der Waals surface area contributed by atoms with Gasteiger partial charge in [-0.1, -0.05) is 174 Å². The molecule has 0 spiro atoms. The van der Waals surface area contributed by atoms with Crippen molar-refractivity contribution in [2.75, 3.05) is 0 Å². The Morgan fingerprint density at radius 1 is 0.300 bits per heavy atom. The minimum Gasteiger partial charge on any atom is -0.340 e. The average Bonchev–Trinajstić information content (AvgIpc) is 3.87. The monoisotopic (exact) mass is 903 g/mol. The van der Waals surface area contributed by atoms with Crippen molar-refractivity contribution in [2.24, 2.45) is 0 Å². The van der Waals surface area contributed by atoms with Crippen LogP contribution in [0.3, 0.4) is 0 Å². The van der Waals surface area contributed by atoms with Gasteiger partial charge in [0.05, 0.1) is 0 Å². The second-order valence-electron chi connectivity index (χ2n) is 19.0. The molecule has 12 rings (SSSR count). The highest BCUT2D eigenvalue weighted by Gasteiger charge is 2.22. The summed E-state index contributed by atoms with van der Waals surface area (Å²) in [6.07, 6.45) is 1.52. The van der Waals surface area contributed by atoms with Crippen LogP contribution in [0.15, 0.2) is 200 Å². The number of nitrogens with zero attached hydrogens (tertiary/aromatic N) is 5. The molecule has 70 heavy (non-hydrogen) atoms. The number of aromatic nitrogens is 5. The van der Waals surface area contributed by atoms with Gasteiger partial charge in [0, 0.05) is 73.4 Å². The van der Waals surface area contributed by atoms with Crippen molar-refractivity contribution in [3.63, 3.8) is 0 Å². The van der Waals surface area contributed by atoms with E-state index in [-0.39, 0.29) is 0 Å². The van der Waals surface area contributed by atoms with Crippen molar-refractivity contribution in [1.82, 2.24) is 24.1 Å². The van der Waals surface area contributed by atoms with Gasteiger partial charge in [-0.2, -0.15) is 0 Å². The average molecular weight is 904 g/mol. The van der Waals surface area contributed by atoms with Crippen molar-refractivity contribution in [3.05, 3.63) is 234 Å². The molecule has 0 saturated carbocycles. The predicted molar refractivity (Wildman–Crippen MR) is 292 cm³/mol. The molecule has 12 aromatic rings. The van der Waals surface area contributed by atoms with Gasteiger partial charge in [-0.25, -0.2) is 15.0 Å². The Morgan fingerprint density at radius 3 is 0.971 bits per heavy atom. The predicted octanol–water partition coefficient (Wildman–Crippen LogP) is 16.1. The third-order valence-corrected chi connectivity index (χ3v) is 14.2. The van der Waals surface area contributed by atoms with Gasteiger partial charge in [-0.05, 0) is 122 Å². The van der Waals surface area contributed by atoms with Gasteiger partial charge in [-0.3, -0.25) is 0 Å². The van der Waals surface area contributed by atoms with Crippen molar-refractivity contribution in [2.45, 2.75) is 53.6 Å². The van der Waals surface area contributed by atoms with Gasteiger partial charge in [0.1, 0.15) is 0 Å². The second kappa shape index (κ2) is 17.9. The summed E-state index contributed by atoms with van der Waals surface area (Å²) in [5, 5.41) is 5.17. The lowest BCUT2D eigenvalue weighted by Gasteiger charge is -2.19. The molecule has 0 aliphatic carbocycles. The molecule has 338 valence electrons. The number of aryl methyl sites for hydroxylation is 6. The van der Waals surface area contributed by atoms with Gasteiger partial charge < -0.3 is 9.13 Å². The molecule has 0 amide bonds. The normalized spacial score (nSPS) is 11.7. The molecule has 0 atom stereocenters. The first-order chi connectivity index (χ1) is 34.3. The fourth-order valence-electron chi connectivity index (χ4n) is 10.8. The minimum atomic E-state index is 0.647. The molecule has 0 radical (unpaired) electrons. The smallest absolute Gasteiger partial charge is 0.164 e. The first kappa shape index (κ1) is 42.9. The van der Waals surface area contributed by atoms with Crippen LogP contribution in [0.2, 0.25) is 0 Å². The lowest BCUT2D eigenvalue weighted by atomic mass is 9.92. The third-order valence-electron chi connectivity index (χ3n) is 14.2. The van der Waals surface area contributed by atoms with Crippen LogP contribution < -0.4 is 0 Å². The summed E-state index contributed by atoms with van der Waals surface area (Å²) in [6, 6.07) is 72.6. The minimum absolute atomic E-state index is 0.647. The van der Waals surface area contributed by atoms with Crippen molar-refractivity contribution in [1.29, 1.82) is 0 Å². The highest BCUT2D eigenvalue weighted by Crippen LogP contribution is 2.39. The van der Waals surface area contributed by atoms with Gasteiger partial charge in [0.25, 0.3) is 0 Å². The van der Waals surface area contributed by atoms with Crippen LogP contribution in [-0.2, 0) is 25.9 Å². The first-order valence-electron chi connectivity index (χ1n) is 24.5. The topological polar surface area (TPSA) is 48.5 Å². The number of fused-ring (bicyclic) bond motifs is 6. The van der Waals surface area contributed by atoms with E-state index >= 15 is 0 Å². The van der Waals surface area contributed by atoms with E-state index in [1.54, 1.807) is 0 Å². The Balaban J connectivity index is 1.04. The van der Waals surface area contributed by atoms with Gasteiger partial charge in [0.2, 0.25) is 0 Å². The van der Waals surface area contributed by atoms with Crippen LogP contribution in [0.25, 0.3) is 100 Å². The highest BCUT2D eigenvalue weighted by atomic mass is 15.0. The number of rotatable bonds is 11. The van der Waals surface area contributed by atoms with Crippen molar-refractivity contribution in [3.8, 4) is 56.4 Å². The summed E-state index contributed by atoms with van der Waals surface area (Å²) in [5.74, 6) is 1.97. The maximum absolute atomic E-state index is 5.58. The van der Waals surface area contributed by atoms with Crippen molar-refractivity contribution < 1.29 is 0 Å². The van der Waals surface area contributed by atoms with E-state index in [9.17, 15) is 0 Å². The molecule has 9 aromatic carbocycles. The van der Waals surface area contributed by atoms with Crippen molar-refractivity contribution >= 4 is 43.6 Å². The summed E-state index contributed by atoms with van der Waals surface area (Å²) in [6.45, 7) is 10.3. The lowest BCUT2D eigenvalue weighted by molar-refractivity contribution is 0.745. The summed E-state index contributed by atoms with van der Waals surface area (Å²) in [7, 11) is 0. The van der Waals surface area contributed by atoms with E-state index in [2.05, 4.69) is 231 Å².